The van der Waals surface area contributed by atoms with Gasteiger partial charge in [-0.05, 0) is 74.1 Å². The molecule has 0 atom stereocenters. The maximum Gasteiger partial charge on any atom is 0.305 e. The van der Waals surface area contributed by atoms with Crippen molar-refractivity contribution < 1.29 is 14.6 Å². The predicted molar refractivity (Wildman–Crippen MR) is 121 cm³/mol. The summed E-state index contributed by atoms with van der Waals surface area (Å²) in [6.07, 6.45) is 3.92. The number of hydrogen-bond acceptors (Lipinski definition) is 2. The molecule has 0 unspecified atom stereocenters. The Morgan fingerprint density at radius 1 is 1.21 bits per heavy atom. The van der Waals surface area contributed by atoms with E-state index in [-0.39, 0.29) is 6.42 Å². The summed E-state index contributed by atoms with van der Waals surface area (Å²) in [6.45, 7) is 7.09. The average Bonchev–Trinajstić information content (AvgIpc) is 3.02. The molecule has 154 valence electrons. The number of benzene rings is 2. The Balaban J connectivity index is 1.73. The van der Waals surface area contributed by atoms with Gasteiger partial charge in [0.15, 0.2) is 0 Å². The molecule has 2 aromatic carbocycles. The highest BCUT2D eigenvalue weighted by atomic mass is 79.9. The number of aromatic nitrogens is 1. The van der Waals surface area contributed by atoms with Gasteiger partial charge in [0.25, 0.3) is 0 Å². The van der Waals surface area contributed by atoms with Gasteiger partial charge in [-0.25, -0.2) is 0 Å². The van der Waals surface area contributed by atoms with Crippen LogP contribution >= 0.6 is 27.5 Å². The highest BCUT2D eigenvalue weighted by molar-refractivity contribution is 9.10. The maximum absolute atomic E-state index is 11.0. The largest absolute Gasteiger partial charge is 0.494 e. The van der Waals surface area contributed by atoms with Crippen LogP contribution in [0.3, 0.4) is 0 Å². The zero-order valence-electron chi connectivity index (χ0n) is 16.9. The molecule has 4 nitrogen and oxygen atoms in total. The maximum atomic E-state index is 11.0. The number of aliphatic carboxylic acids is 1. The Bertz CT molecular complexity index is 1030. The first-order valence-electron chi connectivity index (χ1n) is 9.66. The van der Waals surface area contributed by atoms with E-state index >= 15 is 0 Å². The summed E-state index contributed by atoms with van der Waals surface area (Å²) in [5.74, 6) is 0.0519. The standard InChI is InChI=1S/C23H25BrClNO3/c1-14-11-18(12-15(2)22(14)25)29-10-4-5-17-13-26(9-8-21(27)28)23-16(3)20(24)7-6-19(17)23/h6-7,11-13H,4-5,8-10H2,1-3H3,(H,27,28). The number of halogens is 2. The van der Waals surface area contributed by atoms with Crippen LogP contribution in [0.4, 0.5) is 0 Å². The van der Waals surface area contributed by atoms with Gasteiger partial charge < -0.3 is 14.4 Å². The van der Waals surface area contributed by atoms with E-state index < -0.39 is 5.97 Å². The highest BCUT2D eigenvalue weighted by Gasteiger charge is 2.13. The van der Waals surface area contributed by atoms with E-state index in [2.05, 4.69) is 45.8 Å². The topological polar surface area (TPSA) is 51.5 Å². The van der Waals surface area contributed by atoms with Crippen LogP contribution in [-0.2, 0) is 17.8 Å². The highest BCUT2D eigenvalue weighted by Crippen LogP contribution is 2.31. The van der Waals surface area contributed by atoms with Crippen molar-refractivity contribution in [2.75, 3.05) is 6.61 Å². The van der Waals surface area contributed by atoms with Crippen molar-refractivity contribution in [3.63, 3.8) is 0 Å². The van der Waals surface area contributed by atoms with E-state index in [1.54, 1.807) is 0 Å². The Labute approximate surface area is 184 Å². The summed E-state index contributed by atoms with van der Waals surface area (Å²) in [7, 11) is 0. The van der Waals surface area contributed by atoms with Crippen molar-refractivity contribution >= 4 is 44.4 Å². The zero-order valence-corrected chi connectivity index (χ0v) is 19.2. The molecule has 1 heterocycles. The second-order valence-electron chi connectivity index (χ2n) is 7.38. The molecular formula is C23H25BrClNO3. The molecule has 1 aromatic heterocycles. The Kier molecular flexibility index (Phi) is 6.91. The van der Waals surface area contributed by atoms with Crippen molar-refractivity contribution in [3.05, 3.63) is 62.2 Å². The summed E-state index contributed by atoms with van der Waals surface area (Å²) in [5, 5.41) is 11.0. The van der Waals surface area contributed by atoms with E-state index in [0.29, 0.717) is 13.2 Å². The molecule has 0 aliphatic heterocycles. The second-order valence-corrected chi connectivity index (χ2v) is 8.62. The van der Waals surface area contributed by atoms with Crippen molar-refractivity contribution in [3.8, 4) is 5.75 Å². The van der Waals surface area contributed by atoms with Crippen molar-refractivity contribution in [2.45, 2.75) is 46.6 Å². The van der Waals surface area contributed by atoms with Crippen molar-refractivity contribution in [2.24, 2.45) is 0 Å². The van der Waals surface area contributed by atoms with Gasteiger partial charge in [-0.2, -0.15) is 0 Å². The van der Waals surface area contributed by atoms with E-state index in [1.807, 2.05) is 26.0 Å². The van der Waals surface area contributed by atoms with E-state index in [4.69, 9.17) is 21.4 Å². The summed E-state index contributed by atoms with van der Waals surface area (Å²) in [6, 6.07) is 8.09. The molecule has 3 aromatic rings. The van der Waals surface area contributed by atoms with Crippen LogP contribution < -0.4 is 4.74 Å². The average molecular weight is 479 g/mol. The van der Waals surface area contributed by atoms with Crippen LogP contribution in [0.2, 0.25) is 5.02 Å². The number of ether oxygens (including phenoxy) is 1. The van der Waals surface area contributed by atoms with Crippen LogP contribution in [0.25, 0.3) is 10.9 Å². The molecule has 0 amide bonds. The van der Waals surface area contributed by atoms with Crippen LogP contribution in [0, 0.1) is 20.8 Å². The van der Waals surface area contributed by atoms with Crippen LogP contribution in [0.15, 0.2) is 34.9 Å². The summed E-state index contributed by atoms with van der Waals surface area (Å²) >= 11 is 9.81. The van der Waals surface area contributed by atoms with Gasteiger partial charge in [-0.1, -0.05) is 33.6 Å². The fourth-order valence-electron chi connectivity index (χ4n) is 3.66. The molecule has 0 aliphatic rings. The van der Waals surface area contributed by atoms with Gasteiger partial charge in [0.2, 0.25) is 0 Å². The third kappa shape index (κ3) is 4.96. The second kappa shape index (κ2) is 9.23. The lowest BCUT2D eigenvalue weighted by atomic mass is 10.1. The van der Waals surface area contributed by atoms with E-state index in [1.165, 1.54) is 10.9 Å². The zero-order chi connectivity index (χ0) is 21.1. The van der Waals surface area contributed by atoms with Gasteiger partial charge in [-0.15, -0.1) is 0 Å². The van der Waals surface area contributed by atoms with Gasteiger partial charge in [0, 0.05) is 27.6 Å². The third-order valence-electron chi connectivity index (χ3n) is 5.15. The number of rotatable bonds is 8. The first-order chi connectivity index (χ1) is 13.8. The van der Waals surface area contributed by atoms with Crippen LogP contribution in [0.5, 0.6) is 5.75 Å². The number of aryl methyl sites for hydroxylation is 5. The molecule has 0 radical (unpaired) electrons. The summed E-state index contributed by atoms with van der Waals surface area (Å²) < 4.78 is 9.03. The molecule has 29 heavy (non-hydrogen) atoms. The molecule has 1 N–H and O–H groups in total. The number of carbonyl (C=O) groups is 1. The van der Waals surface area contributed by atoms with Crippen LogP contribution in [-0.4, -0.2) is 22.2 Å². The molecule has 0 aliphatic carbocycles. The normalized spacial score (nSPS) is 11.2. The molecule has 0 spiro atoms. The summed E-state index contributed by atoms with van der Waals surface area (Å²) in [4.78, 5) is 11.0. The fraction of sp³-hybridized carbons (Fsp3) is 0.348. The Morgan fingerprint density at radius 3 is 2.55 bits per heavy atom. The minimum atomic E-state index is -0.789. The number of fused-ring (bicyclic) bond motifs is 1. The van der Waals surface area contributed by atoms with Crippen molar-refractivity contribution in [1.82, 2.24) is 4.57 Å². The Hall–Kier alpha value is -1.98. The predicted octanol–water partition coefficient (Wildman–Crippen LogP) is 6.47. The van der Waals surface area contributed by atoms with Gasteiger partial charge in [0.05, 0.1) is 18.5 Å². The lowest BCUT2D eigenvalue weighted by Crippen LogP contribution is -2.04. The molecular weight excluding hydrogens is 454 g/mol. The third-order valence-corrected chi connectivity index (χ3v) is 6.60. The molecule has 0 bridgehead atoms. The SMILES string of the molecule is Cc1cc(OCCCc2cn(CCC(=O)O)c3c(C)c(Br)ccc23)cc(C)c1Cl. The lowest BCUT2D eigenvalue weighted by molar-refractivity contribution is -0.137. The molecule has 0 saturated carbocycles. The van der Waals surface area contributed by atoms with E-state index in [9.17, 15) is 4.79 Å². The van der Waals surface area contributed by atoms with Crippen LogP contribution in [0.1, 0.15) is 35.1 Å². The number of nitrogens with zero attached hydrogens (tertiary/aromatic N) is 1. The molecule has 0 saturated heterocycles. The molecule has 6 heteroatoms. The lowest BCUT2D eigenvalue weighted by Gasteiger charge is -2.10. The smallest absolute Gasteiger partial charge is 0.305 e. The Morgan fingerprint density at radius 2 is 1.90 bits per heavy atom. The molecule has 3 rings (SSSR count). The van der Waals surface area contributed by atoms with Crippen molar-refractivity contribution in [1.29, 1.82) is 0 Å². The van der Waals surface area contributed by atoms with Gasteiger partial charge in [0.1, 0.15) is 5.75 Å². The monoisotopic (exact) mass is 477 g/mol. The van der Waals surface area contributed by atoms with E-state index in [0.717, 1.165) is 50.3 Å². The first-order valence-corrected chi connectivity index (χ1v) is 10.8. The number of carboxylic acid groups (broad SMARTS) is 1. The van der Waals surface area contributed by atoms with Gasteiger partial charge >= 0.3 is 5.97 Å². The number of hydrogen-bond donors (Lipinski definition) is 1. The number of carboxylic acids is 1. The summed E-state index contributed by atoms with van der Waals surface area (Å²) in [5.41, 5.74) is 5.48. The molecule has 0 fully saturated rings. The quantitative estimate of drug-likeness (QED) is 0.378. The first kappa shape index (κ1) is 21.7. The minimum Gasteiger partial charge on any atom is -0.494 e. The van der Waals surface area contributed by atoms with Gasteiger partial charge in [-0.3, -0.25) is 4.79 Å². The minimum absolute atomic E-state index is 0.105. The fourth-order valence-corrected chi connectivity index (χ4v) is 4.09.